The van der Waals surface area contributed by atoms with Crippen molar-refractivity contribution in [1.29, 1.82) is 0 Å². The third kappa shape index (κ3) is 4.44. The third-order valence-corrected chi connectivity index (χ3v) is 2.67. The molecule has 0 aliphatic carbocycles. The number of hydrogen-bond donors (Lipinski definition) is 2. The number of aromatic nitrogens is 2. The van der Waals surface area contributed by atoms with Gasteiger partial charge in [-0.2, -0.15) is 13.2 Å². The Morgan fingerprint density at radius 3 is 2.41 bits per heavy atom. The predicted octanol–water partition coefficient (Wildman–Crippen LogP) is 3.01. The van der Waals surface area contributed by atoms with Gasteiger partial charge in [0.2, 0.25) is 0 Å². The number of anilines is 2. The van der Waals surface area contributed by atoms with Gasteiger partial charge in [-0.15, -0.1) is 0 Å². The lowest BCUT2D eigenvalue weighted by atomic mass is 10.2. The molecule has 0 aliphatic rings. The van der Waals surface area contributed by atoms with Crippen LogP contribution < -0.4 is 10.6 Å². The number of aryl methyl sites for hydroxylation is 1. The maximum absolute atomic E-state index is 12.3. The molecule has 0 aliphatic heterocycles. The second-order valence-electron chi connectivity index (χ2n) is 4.51. The van der Waals surface area contributed by atoms with Crippen molar-refractivity contribution in [3.05, 3.63) is 48.0 Å². The SMILES string of the molecule is Cc1cnc(C(=O)Nc2ccccc2NCC(F)(F)F)cn1. The summed E-state index contributed by atoms with van der Waals surface area (Å²) in [7, 11) is 0. The molecule has 0 saturated heterocycles. The van der Waals surface area contributed by atoms with E-state index in [0.717, 1.165) is 0 Å². The van der Waals surface area contributed by atoms with E-state index in [1.54, 1.807) is 19.1 Å². The lowest BCUT2D eigenvalue weighted by molar-refractivity contribution is -0.115. The normalized spacial score (nSPS) is 11.1. The number of carbonyl (C=O) groups is 1. The van der Waals surface area contributed by atoms with Gasteiger partial charge in [-0.05, 0) is 19.1 Å². The molecule has 0 unspecified atom stereocenters. The monoisotopic (exact) mass is 310 g/mol. The second-order valence-corrected chi connectivity index (χ2v) is 4.51. The maximum Gasteiger partial charge on any atom is 0.405 e. The van der Waals surface area contributed by atoms with E-state index < -0.39 is 18.6 Å². The van der Waals surface area contributed by atoms with Crippen molar-refractivity contribution >= 4 is 17.3 Å². The fourth-order valence-corrected chi connectivity index (χ4v) is 1.64. The molecule has 1 amide bonds. The number of hydrogen-bond acceptors (Lipinski definition) is 4. The smallest absolute Gasteiger partial charge is 0.375 e. The van der Waals surface area contributed by atoms with Crippen molar-refractivity contribution in [2.45, 2.75) is 13.1 Å². The fraction of sp³-hybridized carbons (Fsp3) is 0.214. The zero-order valence-corrected chi connectivity index (χ0v) is 11.6. The molecule has 0 spiro atoms. The van der Waals surface area contributed by atoms with E-state index in [4.69, 9.17) is 0 Å². The molecular formula is C14H13F3N4O. The Labute approximate surface area is 124 Å². The minimum absolute atomic E-state index is 0.0798. The van der Waals surface area contributed by atoms with Crippen LogP contribution in [0.25, 0.3) is 0 Å². The summed E-state index contributed by atoms with van der Waals surface area (Å²) in [5.74, 6) is -0.547. The molecule has 1 aromatic heterocycles. The topological polar surface area (TPSA) is 66.9 Å². The first-order valence-electron chi connectivity index (χ1n) is 6.35. The van der Waals surface area contributed by atoms with E-state index in [-0.39, 0.29) is 17.1 Å². The van der Waals surface area contributed by atoms with Crippen molar-refractivity contribution in [2.24, 2.45) is 0 Å². The Kier molecular flexibility index (Phi) is 4.59. The quantitative estimate of drug-likeness (QED) is 0.911. The summed E-state index contributed by atoms with van der Waals surface area (Å²) in [4.78, 5) is 19.9. The van der Waals surface area contributed by atoms with E-state index in [0.29, 0.717) is 5.69 Å². The third-order valence-electron chi connectivity index (χ3n) is 2.67. The molecular weight excluding hydrogens is 297 g/mol. The molecule has 8 heteroatoms. The van der Waals surface area contributed by atoms with Crippen LogP contribution in [0.3, 0.4) is 0 Å². The largest absolute Gasteiger partial charge is 0.405 e. The van der Waals surface area contributed by atoms with Gasteiger partial charge >= 0.3 is 6.18 Å². The Bertz CT molecular complexity index is 656. The first kappa shape index (κ1) is 15.7. The number of rotatable bonds is 4. The van der Waals surface area contributed by atoms with Gasteiger partial charge in [0.1, 0.15) is 12.2 Å². The average molecular weight is 310 g/mol. The molecule has 1 aromatic carbocycles. The van der Waals surface area contributed by atoms with E-state index in [1.165, 1.54) is 24.5 Å². The van der Waals surface area contributed by atoms with Crippen LogP contribution in [-0.4, -0.2) is 28.6 Å². The van der Waals surface area contributed by atoms with Crippen LogP contribution in [0, 0.1) is 6.92 Å². The number of nitrogens with one attached hydrogen (secondary N) is 2. The van der Waals surface area contributed by atoms with Gasteiger partial charge in [-0.25, -0.2) is 4.98 Å². The number of amides is 1. The van der Waals surface area contributed by atoms with Gasteiger partial charge in [0.25, 0.3) is 5.91 Å². The Balaban J connectivity index is 2.12. The highest BCUT2D eigenvalue weighted by Gasteiger charge is 2.27. The predicted molar refractivity (Wildman–Crippen MR) is 75.7 cm³/mol. The molecule has 22 heavy (non-hydrogen) atoms. The van der Waals surface area contributed by atoms with Crippen LogP contribution in [0.2, 0.25) is 0 Å². The summed E-state index contributed by atoms with van der Waals surface area (Å²) in [6, 6.07) is 6.12. The van der Waals surface area contributed by atoms with Crippen molar-refractivity contribution in [3.63, 3.8) is 0 Å². The highest BCUT2D eigenvalue weighted by Crippen LogP contribution is 2.23. The molecule has 0 saturated carbocycles. The minimum Gasteiger partial charge on any atom is -0.375 e. The van der Waals surface area contributed by atoms with E-state index in [1.807, 2.05) is 0 Å². The zero-order chi connectivity index (χ0) is 16.2. The highest BCUT2D eigenvalue weighted by atomic mass is 19.4. The molecule has 2 rings (SSSR count). The average Bonchev–Trinajstić information content (AvgIpc) is 2.46. The van der Waals surface area contributed by atoms with Gasteiger partial charge in [-0.1, -0.05) is 12.1 Å². The number of benzene rings is 1. The standard InChI is InChI=1S/C14H13F3N4O/c1-9-6-19-12(7-18-9)13(22)21-11-5-3-2-4-10(11)20-8-14(15,16)17/h2-7,20H,8H2,1H3,(H,21,22). The summed E-state index contributed by atoms with van der Waals surface area (Å²) in [5, 5.41) is 4.75. The van der Waals surface area contributed by atoms with Crippen molar-refractivity contribution in [3.8, 4) is 0 Å². The lowest BCUT2D eigenvalue weighted by Crippen LogP contribution is -2.22. The molecule has 5 nitrogen and oxygen atoms in total. The molecule has 0 radical (unpaired) electrons. The van der Waals surface area contributed by atoms with Crippen molar-refractivity contribution in [1.82, 2.24) is 9.97 Å². The Hall–Kier alpha value is -2.64. The minimum atomic E-state index is -4.35. The fourth-order valence-electron chi connectivity index (χ4n) is 1.64. The van der Waals surface area contributed by atoms with Crippen LogP contribution in [0.4, 0.5) is 24.5 Å². The van der Waals surface area contributed by atoms with Crippen LogP contribution in [0.15, 0.2) is 36.7 Å². The van der Waals surface area contributed by atoms with Crippen LogP contribution in [0.5, 0.6) is 0 Å². The number of halogens is 3. The summed E-state index contributed by atoms with van der Waals surface area (Å²) in [5.41, 5.74) is 1.15. The summed E-state index contributed by atoms with van der Waals surface area (Å²) in [6.07, 6.45) is -1.61. The first-order valence-corrected chi connectivity index (χ1v) is 6.35. The van der Waals surface area contributed by atoms with Gasteiger partial charge in [-0.3, -0.25) is 9.78 Å². The number of nitrogens with zero attached hydrogens (tertiary/aromatic N) is 2. The van der Waals surface area contributed by atoms with E-state index >= 15 is 0 Å². The summed E-state index contributed by atoms with van der Waals surface area (Å²) >= 11 is 0. The van der Waals surface area contributed by atoms with Crippen molar-refractivity contribution in [2.75, 3.05) is 17.2 Å². The second kappa shape index (κ2) is 6.42. The molecule has 1 heterocycles. The van der Waals surface area contributed by atoms with Crippen LogP contribution >= 0.6 is 0 Å². The number of para-hydroxylation sites is 2. The number of alkyl halides is 3. The maximum atomic E-state index is 12.3. The molecule has 116 valence electrons. The first-order chi connectivity index (χ1) is 10.3. The highest BCUT2D eigenvalue weighted by molar-refractivity contribution is 6.04. The Morgan fingerprint density at radius 1 is 1.14 bits per heavy atom. The molecule has 2 N–H and O–H groups in total. The van der Waals surface area contributed by atoms with Crippen molar-refractivity contribution < 1.29 is 18.0 Å². The summed E-state index contributed by atoms with van der Waals surface area (Å²) < 4.78 is 36.8. The van der Waals surface area contributed by atoms with Gasteiger partial charge in [0.15, 0.2) is 0 Å². The van der Waals surface area contributed by atoms with Crippen LogP contribution in [0.1, 0.15) is 16.2 Å². The molecule has 0 bridgehead atoms. The van der Waals surface area contributed by atoms with E-state index in [9.17, 15) is 18.0 Å². The van der Waals surface area contributed by atoms with Gasteiger partial charge in [0.05, 0.1) is 23.3 Å². The van der Waals surface area contributed by atoms with Gasteiger partial charge < -0.3 is 10.6 Å². The number of carbonyl (C=O) groups excluding carboxylic acids is 1. The zero-order valence-electron chi connectivity index (χ0n) is 11.6. The molecule has 0 atom stereocenters. The molecule has 2 aromatic rings. The Morgan fingerprint density at radius 2 is 1.82 bits per heavy atom. The van der Waals surface area contributed by atoms with E-state index in [2.05, 4.69) is 20.6 Å². The summed E-state index contributed by atoms with van der Waals surface area (Å²) in [6.45, 7) is 0.537. The van der Waals surface area contributed by atoms with Crippen LogP contribution in [-0.2, 0) is 0 Å². The van der Waals surface area contributed by atoms with Gasteiger partial charge in [0, 0.05) is 6.20 Å². The lowest BCUT2D eigenvalue weighted by Gasteiger charge is -2.14. The molecule has 0 fully saturated rings.